The fraction of sp³-hybridized carbons (Fsp3) is 0.448. The van der Waals surface area contributed by atoms with Gasteiger partial charge in [-0.25, -0.2) is 10.1 Å². The van der Waals surface area contributed by atoms with E-state index in [0.29, 0.717) is 31.9 Å². The fourth-order valence-electron chi connectivity index (χ4n) is 6.12. The highest BCUT2D eigenvalue weighted by molar-refractivity contribution is 5.77. The summed E-state index contributed by atoms with van der Waals surface area (Å²) in [5.41, 5.74) is -2.40. The van der Waals surface area contributed by atoms with E-state index in [2.05, 4.69) is 10.1 Å². The quantitative estimate of drug-likeness (QED) is 0.317. The number of amides is 1. The maximum absolute atomic E-state index is 13.8. The highest BCUT2D eigenvalue weighted by atomic mass is 19.4. The summed E-state index contributed by atoms with van der Waals surface area (Å²) in [5, 5.41) is 5.46. The van der Waals surface area contributed by atoms with Crippen molar-refractivity contribution in [3.05, 3.63) is 75.3 Å². The molecular weight excluding hydrogens is 610 g/mol. The number of H-pyrrole nitrogens is 1. The van der Waals surface area contributed by atoms with Crippen LogP contribution in [0.15, 0.2) is 47.5 Å². The third-order valence-electron chi connectivity index (χ3n) is 8.27. The van der Waals surface area contributed by atoms with Crippen LogP contribution in [0.3, 0.4) is 0 Å². The molecule has 0 aliphatic carbocycles. The predicted octanol–water partition coefficient (Wildman–Crippen LogP) is 4.17. The van der Waals surface area contributed by atoms with Gasteiger partial charge in [0.1, 0.15) is 5.56 Å². The molecule has 3 aliphatic heterocycles. The molecule has 16 heteroatoms. The summed E-state index contributed by atoms with van der Waals surface area (Å²) in [7, 11) is 0. The van der Waals surface area contributed by atoms with Crippen molar-refractivity contribution in [1.29, 1.82) is 0 Å². The Labute approximate surface area is 252 Å². The molecule has 1 unspecified atom stereocenters. The molecule has 1 saturated heterocycles. The Hall–Kier alpha value is -4.34. The molecular formula is C29H28F6N6O4. The number of carbonyl (C=O) groups excluding carboxylic acids is 1. The summed E-state index contributed by atoms with van der Waals surface area (Å²) in [4.78, 5) is 34.2. The van der Waals surface area contributed by atoms with E-state index in [9.17, 15) is 35.9 Å². The van der Waals surface area contributed by atoms with Crippen molar-refractivity contribution in [2.24, 2.45) is 0 Å². The normalized spacial score (nSPS) is 19.8. The van der Waals surface area contributed by atoms with E-state index in [0.717, 1.165) is 29.6 Å². The Balaban J connectivity index is 1.09. The number of hydrogen-bond donors (Lipinski definition) is 1. The smallest absolute Gasteiger partial charge is 0.423 e. The van der Waals surface area contributed by atoms with Crippen LogP contribution in [0, 0.1) is 0 Å². The van der Waals surface area contributed by atoms with Gasteiger partial charge in [0.05, 0.1) is 55.8 Å². The molecule has 1 amide bonds. The molecule has 2 aromatic heterocycles. The van der Waals surface area contributed by atoms with Crippen molar-refractivity contribution in [1.82, 2.24) is 20.1 Å². The standard InChI is InChI=1S/C29H28F6N6O4/c30-28(31,32)18-11-23-26(36-12-18)40-8-7-39(15-19(40)5-10-45-23)24(42)6-9-44-16-22-20-4-2-1-3-17(20)14-41(22)21-13-37-38-27(43)25(21)29(33,34)35/h1-4,11-13,19,22H,5-10,14-16H2,(H,38,43)/t19?,22-/m1/s1. The van der Waals surface area contributed by atoms with Crippen LogP contribution >= 0.6 is 0 Å². The van der Waals surface area contributed by atoms with Crippen LogP contribution in [-0.4, -0.2) is 71.5 Å². The zero-order chi connectivity index (χ0) is 31.9. The summed E-state index contributed by atoms with van der Waals surface area (Å²) >= 11 is 0. The van der Waals surface area contributed by atoms with Crippen molar-refractivity contribution in [3.8, 4) is 5.75 Å². The van der Waals surface area contributed by atoms with E-state index in [1.807, 2.05) is 10.00 Å². The van der Waals surface area contributed by atoms with Crippen LogP contribution in [0.5, 0.6) is 5.75 Å². The number of ether oxygens (including phenoxy) is 2. The lowest BCUT2D eigenvalue weighted by molar-refractivity contribution is -0.139. The van der Waals surface area contributed by atoms with Gasteiger partial charge in [-0.3, -0.25) is 9.59 Å². The van der Waals surface area contributed by atoms with Crippen LogP contribution in [0.4, 0.5) is 37.8 Å². The summed E-state index contributed by atoms with van der Waals surface area (Å²) in [6, 6.07) is 7.20. The van der Waals surface area contributed by atoms with E-state index in [-0.39, 0.29) is 56.2 Å². The summed E-state index contributed by atoms with van der Waals surface area (Å²) < 4.78 is 92.5. The molecule has 1 fully saturated rings. The molecule has 0 radical (unpaired) electrons. The zero-order valence-corrected chi connectivity index (χ0v) is 23.7. The molecule has 3 aliphatic rings. The number of nitrogens with zero attached hydrogens (tertiary/aromatic N) is 5. The number of halogens is 6. The van der Waals surface area contributed by atoms with Crippen LogP contribution < -0.4 is 20.1 Å². The molecule has 1 N–H and O–H groups in total. The Morgan fingerprint density at radius 1 is 1.07 bits per heavy atom. The molecule has 1 aromatic carbocycles. The first-order valence-corrected chi connectivity index (χ1v) is 14.2. The number of nitrogens with one attached hydrogen (secondary N) is 1. The second-order valence-corrected chi connectivity index (χ2v) is 11.0. The fourth-order valence-corrected chi connectivity index (χ4v) is 6.12. The molecule has 3 aromatic rings. The van der Waals surface area contributed by atoms with Crippen LogP contribution in [0.2, 0.25) is 0 Å². The second-order valence-electron chi connectivity index (χ2n) is 11.0. The Morgan fingerprint density at radius 3 is 2.64 bits per heavy atom. The predicted molar refractivity (Wildman–Crippen MR) is 148 cm³/mol. The van der Waals surface area contributed by atoms with Gasteiger partial charge in [0.2, 0.25) is 5.91 Å². The lowest BCUT2D eigenvalue weighted by Crippen LogP contribution is -2.55. The summed E-state index contributed by atoms with van der Waals surface area (Å²) in [6.07, 6.45) is -7.20. The number of rotatable bonds is 6. The van der Waals surface area contributed by atoms with E-state index < -0.39 is 35.1 Å². The van der Waals surface area contributed by atoms with Gasteiger partial charge in [-0.2, -0.15) is 31.4 Å². The van der Waals surface area contributed by atoms with Gasteiger partial charge >= 0.3 is 12.4 Å². The van der Waals surface area contributed by atoms with Gasteiger partial charge in [-0.1, -0.05) is 24.3 Å². The van der Waals surface area contributed by atoms with E-state index in [1.165, 1.54) is 4.90 Å². The molecule has 0 bridgehead atoms. The van der Waals surface area contributed by atoms with E-state index in [4.69, 9.17) is 9.47 Å². The van der Waals surface area contributed by atoms with Gasteiger partial charge in [0.25, 0.3) is 5.56 Å². The molecule has 45 heavy (non-hydrogen) atoms. The SMILES string of the molecule is O=C(CCOC[C@@H]1c2ccccc2CN1c1cn[nH]c(=O)c1C(F)(F)F)N1CCN2c3ncc(C(F)(F)F)cc3OCCC2C1. The van der Waals surface area contributed by atoms with E-state index in [1.54, 1.807) is 29.2 Å². The number of carbonyl (C=O) groups is 1. The van der Waals surface area contributed by atoms with Crippen molar-refractivity contribution < 1.29 is 40.6 Å². The highest BCUT2D eigenvalue weighted by Gasteiger charge is 2.42. The van der Waals surface area contributed by atoms with Gasteiger partial charge in [-0.15, -0.1) is 0 Å². The topological polar surface area (TPSA) is 104 Å². The van der Waals surface area contributed by atoms with Crippen molar-refractivity contribution in [2.75, 3.05) is 49.3 Å². The van der Waals surface area contributed by atoms with Crippen molar-refractivity contribution in [3.63, 3.8) is 0 Å². The van der Waals surface area contributed by atoms with Crippen LogP contribution in [-0.2, 0) is 28.4 Å². The molecule has 5 heterocycles. The molecule has 0 spiro atoms. The first-order chi connectivity index (χ1) is 21.4. The summed E-state index contributed by atoms with van der Waals surface area (Å²) in [6.45, 7) is 1.24. The minimum Gasteiger partial charge on any atom is -0.490 e. The largest absolute Gasteiger partial charge is 0.490 e. The Morgan fingerprint density at radius 2 is 1.87 bits per heavy atom. The first-order valence-electron chi connectivity index (χ1n) is 14.2. The second kappa shape index (κ2) is 11.9. The average Bonchev–Trinajstić information content (AvgIpc) is 3.25. The number of pyridine rings is 1. The minimum absolute atomic E-state index is 0.00366. The molecule has 10 nitrogen and oxygen atoms in total. The Bertz CT molecular complexity index is 1630. The maximum atomic E-state index is 13.8. The number of alkyl halides is 6. The number of fused-ring (bicyclic) bond motifs is 4. The number of aromatic nitrogens is 3. The van der Waals surface area contributed by atoms with Gasteiger partial charge in [-0.05, 0) is 17.2 Å². The number of piperazine rings is 1. The average molecular weight is 639 g/mol. The lowest BCUT2D eigenvalue weighted by Gasteiger charge is -2.41. The van der Waals surface area contributed by atoms with Gasteiger partial charge in [0, 0.05) is 38.8 Å². The minimum atomic E-state index is -4.91. The molecule has 6 rings (SSSR count). The number of aromatic amines is 1. The van der Waals surface area contributed by atoms with Crippen LogP contribution in [0.25, 0.3) is 0 Å². The van der Waals surface area contributed by atoms with E-state index >= 15 is 0 Å². The number of anilines is 2. The van der Waals surface area contributed by atoms with Crippen LogP contribution in [0.1, 0.15) is 41.1 Å². The summed E-state index contributed by atoms with van der Waals surface area (Å²) in [5.74, 6) is 0.176. The third-order valence-corrected chi connectivity index (χ3v) is 8.27. The number of benzene rings is 1. The molecule has 240 valence electrons. The van der Waals surface area contributed by atoms with Crippen molar-refractivity contribution >= 4 is 17.4 Å². The highest BCUT2D eigenvalue weighted by Crippen LogP contribution is 2.42. The first kappa shape index (κ1) is 30.7. The maximum Gasteiger partial charge on any atom is 0.423 e. The number of hydrogen-bond acceptors (Lipinski definition) is 8. The molecule has 2 atom stereocenters. The van der Waals surface area contributed by atoms with Gasteiger partial charge < -0.3 is 24.2 Å². The Kier molecular flexibility index (Phi) is 8.09. The third kappa shape index (κ3) is 6.15. The molecule has 0 saturated carbocycles. The van der Waals surface area contributed by atoms with Gasteiger partial charge in [0.15, 0.2) is 11.6 Å². The zero-order valence-electron chi connectivity index (χ0n) is 23.7. The van der Waals surface area contributed by atoms with Crippen molar-refractivity contribution in [2.45, 2.75) is 43.8 Å². The lowest BCUT2D eigenvalue weighted by atomic mass is 10.1. The monoisotopic (exact) mass is 638 g/mol.